The average Bonchev–Trinajstić information content (AvgIpc) is 2.66. The van der Waals surface area contributed by atoms with Crippen LogP contribution in [0.25, 0.3) is 0 Å². The molecule has 1 saturated heterocycles. The van der Waals surface area contributed by atoms with Crippen molar-refractivity contribution in [1.29, 1.82) is 0 Å². The molecule has 1 aliphatic rings. The van der Waals surface area contributed by atoms with Crippen LogP contribution in [0.3, 0.4) is 0 Å². The molecule has 2 amide bonds. The summed E-state index contributed by atoms with van der Waals surface area (Å²) >= 11 is 0. The molecule has 4 nitrogen and oxygen atoms in total. The smallest absolute Gasteiger partial charge is 0.253 e. The summed E-state index contributed by atoms with van der Waals surface area (Å²) in [4.78, 5) is 27.4. The molecule has 27 heavy (non-hydrogen) atoms. The molecule has 4 heteroatoms. The number of hydrogen-bond acceptors (Lipinski definition) is 2. The Labute approximate surface area is 161 Å². The van der Waals surface area contributed by atoms with Gasteiger partial charge in [-0.05, 0) is 56.9 Å². The van der Waals surface area contributed by atoms with Crippen LogP contribution in [0.1, 0.15) is 45.5 Å². The lowest BCUT2D eigenvalue weighted by Gasteiger charge is -2.32. The van der Waals surface area contributed by atoms with Crippen molar-refractivity contribution in [3.8, 4) is 0 Å². The van der Waals surface area contributed by atoms with Gasteiger partial charge in [0.2, 0.25) is 5.91 Å². The molecule has 142 valence electrons. The lowest BCUT2D eigenvalue weighted by Crippen LogP contribution is -2.45. The predicted molar refractivity (Wildman–Crippen MR) is 108 cm³/mol. The third-order valence-electron chi connectivity index (χ3n) is 5.26. The molecule has 1 aliphatic heterocycles. The van der Waals surface area contributed by atoms with E-state index in [0.29, 0.717) is 25.2 Å². The van der Waals surface area contributed by atoms with E-state index >= 15 is 0 Å². The van der Waals surface area contributed by atoms with Crippen molar-refractivity contribution in [3.05, 3.63) is 70.3 Å². The molecule has 0 saturated carbocycles. The molecule has 2 aromatic rings. The van der Waals surface area contributed by atoms with Gasteiger partial charge in [0, 0.05) is 25.2 Å². The van der Waals surface area contributed by atoms with Gasteiger partial charge in [0.15, 0.2) is 0 Å². The molecule has 1 fully saturated rings. The molecule has 0 aromatic heterocycles. The minimum absolute atomic E-state index is 0.0261. The van der Waals surface area contributed by atoms with Crippen LogP contribution < -0.4 is 5.32 Å². The van der Waals surface area contributed by atoms with E-state index in [1.54, 1.807) is 0 Å². The number of hydrogen-bond donors (Lipinski definition) is 1. The molecule has 2 aromatic carbocycles. The van der Waals surface area contributed by atoms with E-state index in [-0.39, 0.29) is 17.7 Å². The summed E-state index contributed by atoms with van der Waals surface area (Å²) < 4.78 is 0. The summed E-state index contributed by atoms with van der Waals surface area (Å²) in [7, 11) is 0. The van der Waals surface area contributed by atoms with Crippen LogP contribution in [0.2, 0.25) is 0 Å². The van der Waals surface area contributed by atoms with Gasteiger partial charge in [-0.3, -0.25) is 9.59 Å². The molecule has 1 heterocycles. The molecule has 3 rings (SSSR count). The maximum Gasteiger partial charge on any atom is 0.253 e. The van der Waals surface area contributed by atoms with Crippen molar-refractivity contribution in [1.82, 2.24) is 10.2 Å². The monoisotopic (exact) mass is 364 g/mol. The second-order valence-electron chi connectivity index (χ2n) is 7.61. The summed E-state index contributed by atoms with van der Waals surface area (Å²) in [6.45, 7) is 7.79. The molecule has 0 aliphatic carbocycles. The molecular formula is C23H28N2O2. The minimum Gasteiger partial charge on any atom is -0.352 e. The Morgan fingerprint density at radius 2 is 1.78 bits per heavy atom. The highest BCUT2D eigenvalue weighted by atomic mass is 16.2. The third kappa shape index (κ3) is 4.76. The van der Waals surface area contributed by atoms with Gasteiger partial charge in [-0.1, -0.05) is 41.5 Å². The highest BCUT2D eigenvalue weighted by molar-refractivity contribution is 5.95. The Morgan fingerprint density at radius 3 is 2.48 bits per heavy atom. The van der Waals surface area contributed by atoms with E-state index in [9.17, 15) is 9.59 Å². The summed E-state index contributed by atoms with van der Waals surface area (Å²) in [6.07, 6.45) is 1.69. The predicted octanol–water partition coefficient (Wildman–Crippen LogP) is 3.78. The number of benzene rings is 2. The Morgan fingerprint density at radius 1 is 1.07 bits per heavy atom. The van der Waals surface area contributed by atoms with E-state index in [2.05, 4.69) is 11.4 Å². The second-order valence-corrected chi connectivity index (χ2v) is 7.61. The van der Waals surface area contributed by atoms with E-state index in [1.165, 1.54) is 5.56 Å². The fourth-order valence-electron chi connectivity index (χ4n) is 3.79. The Hall–Kier alpha value is -2.62. The van der Waals surface area contributed by atoms with Crippen LogP contribution in [-0.2, 0) is 11.3 Å². The van der Waals surface area contributed by atoms with Gasteiger partial charge in [0.25, 0.3) is 5.91 Å². The first-order valence-electron chi connectivity index (χ1n) is 9.64. The van der Waals surface area contributed by atoms with E-state index < -0.39 is 0 Å². The first kappa shape index (κ1) is 19.2. The average molecular weight is 364 g/mol. The van der Waals surface area contributed by atoms with Crippen molar-refractivity contribution in [2.45, 2.75) is 40.2 Å². The minimum atomic E-state index is -0.141. The van der Waals surface area contributed by atoms with Crippen molar-refractivity contribution in [3.63, 3.8) is 0 Å². The van der Waals surface area contributed by atoms with Crippen LogP contribution >= 0.6 is 0 Å². The zero-order valence-corrected chi connectivity index (χ0v) is 16.4. The number of likely N-dealkylation sites (tertiary alicyclic amines) is 1. The number of rotatable bonds is 4. The first-order valence-corrected chi connectivity index (χ1v) is 9.64. The Kier molecular flexibility index (Phi) is 5.94. The van der Waals surface area contributed by atoms with Crippen molar-refractivity contribution in [2.75, 3.05) is 13.1 Å². The highest BCUT2D eigenvalue weighted by Gasteiger charge is 2.29. The standard InChI is InChI=1S/C23H28N2O2/c1-16-11-17(2)13-21(12-16)23(27)25-10-6-9-20(15-25)22(26)24-14-19-8-5-4-7-18(19)3/h4-5,7-8,11-13,20H,6,9-10,14-15H2,1-3H3,(H,24,26)/t20-/m0/s1. The highest BCUT2D eigenvalue weighted by Crippen LogP contribution is 2.20. The third-order valence-corrected chi connectivity index (χ3v) is 5.26. The molecule has 0 spiro atoms. The van der Waals surface area contributed by atoms with Gasteiger partial charge in [-0.2, -0.15) is 0 Å². The van der Waals surface area contributed by atoms with Crippen LogP contribution in [0.15, 0.2) is 42.5 Å². The van der Waals surface area contributed by atoms with Crippen molar-refractivity contribution in [2.24, 2.45) is 5.92 Å². The van der Waals surface area contributed by atoms with Crippen LogP contribution in [0.4, 0.5) is 0 Å². The van der Waals surface area contributed by atoms with Gasteiger partial charge < -0.3 is 10.2 Å². The van der Waals surface area contributed by atoms with Gasteiger partial charge in [0.1, 0.15) is 0 Å². The van der Waals surface area contributed by atoms with Crippen LogP contribution in [-0.4, -0.2) is 29.8 Å². The lowest BCUT2D eigenvalue weighted by atomic mass is 9.96. The van der Waals surface area contributed by atoms with Gasteiger partial charge in [-0.15, -0.1) is 0 Å². The number of nitrogens with one attached hydrogen (secondary N) is 1. The molecule has 1 atom stereocenters. The number of piperidine rings is 1. The van der Waals surface area contributed by atoms with Crippen molar-refractivity contribution < 1.29 is 9.59 Å². The summed E-state index contributed by atoms with van der Waals surface area (Å²) in [5, 5.41) is 3.05. The second kappa shape index (κ2) is 8.38. The largest absolute Gasteiger partial charge is 0.352 e. The van der Waals surface area contributed by atoms with E-state index in [4.69, 9.17) is 0 Å². The van der Waals surface area contributed by atoms with E-state index in [0.717, 1.165) is 29.5 Å². The van der Waals surface area contributed by atoms with E-state index in [1.807, 2.05) is 62.1 Å². The van der Waals surface area contributed by atoms with Gasteiger partial charge in [0.05, 0.1) is 5.92 Å². The number of carbonyl (C=O) groups is 2. The maximum atomic E-state index is 12.9. The molecule has 1 N–H and O–H groups in total. The molecule has 0 bridgehead atoms. The molecule has 0 radical (unpaired) electrons. The quantitative estimate of drug-likeness (QED) is 0.897. The molecule has 0 unspecified atom stereocenters. The van der Waals surface area contributed by atoms with Gasteiger partial charge >= 0.3 is 0 Å². The fourth-order valence-corrected chi connectivity index (χ4v) is 3.79. The summed E-state index contributed by atoms with van der Waals surface area (Å²) in [5.74, 6) is -0.0768. The molecular weight excluding hydrogens is 336 g/mol. The topological polar surface area (TPSA) is 49.4 Å². The van der Waals surface area contributed by atoms with Crippen LogP contribution in [0.5, 0.6) is 0 Å². The fraction of sp³-hybridized carbons (Fsp3) is 0.391. The maximum absolute atomic E-state index is 12.9. The zero-order chi connectivity index (χ0) is 19.4. The van der Waals surface area contributed by atoms with Crippen LogP contribution in [0, 0.1) is 26.7 Å². The summed E-state index contributed by atoms with van der Waals surface area (Å²) in [5.41, 5.74) is 5.19. The Bertz CT molecular complexity index is 824. The SMILES string of the molecule is Cc1cc(C)cc(C(=O)N2CCC[C@H](C(=O)NCc3ccccc3C)C2)c1. The van der Waals surface area contributed by atoms with Crippen molar-refractivity contribution >= 4 is 11.8 Å². The zero-order valence-electron chi connectivity index (χ0n) is 16.4. The summed E-state index contributed by atoms with van der Waals surface area (Å²) in [6, 6.07) is 14.0. The number of amides is 2. The number of aryl methyl sites for hydroxylation is 3. The number of carbonyl (C=O) groups excluding carboxylic acids is 2. The lowest BCUT2D eigenvalue weighted by molar-refractivity contribution is -0.126. The normalized spacial score (nSPS) is 16.9. The van der Waals surface area contributed by atoms with Gasteiger partial charge in [-0.25, -0.2) is 0 Å². The first-order chi connectivity index (χ1) is 12.9. The number of nitrogens with zero attached hydrogens (tertiary/aromatic N) is 1. The Balaban J connectivity index is 1.62.